The second-order valence-electron chi connectivity index (χ2n) is 6.72. The summed E-state index contributed by atoms with van der Waals surface area (Å²) in [5, 5.41) is 3.96. The Morgan fingerprint density at radius 3 is 2.48 bits per heavy atom. The summed E-state index contributed by atoms with van der Waals surface area (Å²) in [6.45, 7) is 10.7. The molecule has 0 saturated heterocycles. The molecule has 1 aromatic carbocycles. The van der Waals surface area contributed by atoms with Gasteiger partial charge in [0.25, 0.3) is 0 Å². The summed E-state index contributed by atoms with van der Waals surface area (Å²) in [6.07, 6.45) is 2.98. The van der Waals surface area contributed by atoms with Crippen molar-refractivity contribution in [3.8, 4) is 0 Å². The fourth-order valence-corrected chi connectivity index (χ4v) is 3.62. The first-order chi connectivity index (χ1) is 10.6. The van der Waals surface area contributed by atoms with Crippen LogP contribution in [0.5, 0.6) is 0 Å². The van der Waals surface area contributed by atoms with Crippen molar-refractivity contribution in [1.29, 1.82) is 0 Å². The maximum Gasteiger partial charge on any atom is 0.240 e. The maximum atomic E-state index is 12.7. The van der Waals surface area contributed by atoms with Crippen LogP contribution < -0.4 is 4.72 Å². The Labute approximate surface area is 138 Å². The van der Waals surface area contributed by atoms with Gasteiger partial charge in [-0.25, -0.2) is 18.1 Å². The Balaban J connectivity index is 2.26. The molecule has 0 amide bonds. The van der Waals surface area contributed by atoms with Crippen LogP contribution in [0.4, 0.5) is 0 Å². The fourth-order valence-electron chi connectivity index (χ4n) is 2.26. The van der Waals surface area contributed by atoms with Crippen molar-refractivity contribution in [2.24, 2.45) is 0 Å². The standard InChI is InChI=1S/C16H24N4O2S/c1-12-8-14(16(3,4)5)9-15(13(12)2)23(21,22)19-6-7-20-11-17-10-18-20/h8-11,19H,6-7H2,1-5H3. The van der Waals surface area contributed by atoms with Crippen molar-refractivity contribution in [3.63, 3.8) is 0 Å². The molecule has 0 saturated carbocycles. The van der Waals surface area contributed by atoms with Gasteiger partial charge in [-0.3, -0.25) is 4.68 Å². The summed E-state index contributed by atoms with van der Waals surface area (Å²) >= 11 is 0. The minimum Gasteiger partial charge on any atom is -0.252 e. The molecule has 0 spiro atoms. The molecule has 0 fully saturated rings. The summed E-state index contributed by atoms with van der Waals surface area (Å²) in [5.74, 6) is 0. The Bertz CT molecular complexity index is 775. The molecule has 0 atom stereocenters. The van der Waals surface area contributed by atoms with E-state index in [9.17, 15) is 8.42 Å². The van der Waals surface area contributed by atoms with E-state index in [0.29, 0.717) is 11.4 Å². The molecule has 0 unspecified atom stereocenters. The quantitative estimate of drug-likeness (QED) is 0.908. The smallest absolute Gasteiger partial charge is 0.240 e. The number of sulfonamides is 1. The SMILES string of the molecule is Cc1cc(C(C)(C)C)cc(S(=O)(=O)NCCn2cncn2)c1C. The highest BCUT2D eigenvalue weighted by Crippen LogP contribution is 2.28. The van der Waals surface area contributed by atoms with Crippen molar-refractivity contribution in [3.05, 3.63) is 41.5 Å². The van der Waals surface area contributed by atoms with Crippen LogP contribution >= 0.6 is 0 Å². The zero-order valence-corrected chi connectivity index (χ0v) is 15.1. The van der Waals surface area contributed by atoms with Crippen molar-refractivity contribution in [1.82, 2.24) is 19.5 Å². The molecule has 0 bridgehead atoms. The number of hydrogen-bond acceptors (Lipinski definition) is 4. The number of rotatable bonds is 5. The van der Waals surface area contributed by atoms with Gasteiger partial charge in [-0.15, -0.1) is 0 Å². The molecule has 0 aliphatic heterocycles. The van der Waals surface area contributed by atoms with Crippen molar-refractivity contribution in [2.45, 2.75) is 51.5 Å². The second-order valence-corrected chi connectivity index (χ2v) is 8.46. The molecule has 0 aliphatic rings. The van der Waals surface area contributed by atoms with Crippen LogP contribution in [-0.2, 0) is 22.0 Å². The van der Waals surface area contributed by atoms with Crippen LogP contribution in [0.1, 0.15) is 37.5 Å². The van der Waals surface area contributed by atoms with E-state index in [2.05, 4.69) is 41.6 Å². The minimum absolute atomic E-state index is 0.108. The van der Waals surface area contributed by atoms with Crippen LogP contribution in [0.2, 0.25) is 0 Å². The zero-order chi connectivity index (χ0) is 17.3. The highest BCUT2D eigenvalue weighted by atomic mass is 32.2. The number of hydrogen-bond donors (Lipinski definition) is 1. The van der Waals surface area contributed by atoms with Gasteiger partial charge in [0.15, 0.2) is 0 Å². The summed E-state index contributed by atoms with van der Waals surface area (Å²) in [6, 6.07) is 3.84. The first-order valence-electron chi connectivity index (χ1n) is 7.55. The third kappa shape index (κ3) is 4.17. The van der Waals surface area contributed by atoms with Gasteiger partial charge >= 0.3 is 0 Å². The molecular formula is C16H24N4O2S. The normalized spacial score (nSPS) is 12.6. The molecule has 1 aromatic heterocycles. The molecule has 7 heteroatoms. The zero-order valence-electron chi connectivity index (χ0n) is 14.3. The van der Waals surface area contributed by atoms with E-state index in [-0.39, 0.29) is 12.0 Å². The number of benzene rings is 1. The highest BCUT2D eigenvalue weighted by Gasteiger charge is 2.22. The average Bonchev–Trinajstić information content (AvgIpc) is 2.93. The number of aryl methyl sites for hydroxylation is 1. The maximum absolute atomic E-state index is 12.7. The van der Waals surface area contributed by atoms with E-state index in [0.717, 1.165) is 16.7 Å². The van der Waals surface area contributed by atoms with E-state index in [1.54, 1.807) is 17.1 Å². The van der Waals surface area contributed by atoms with Crippen LogP contribution in [0.25, 0.3) is 0 Å². The van der Waals surface area contributed by atoms with Gasteiger partial charge in [0.05, 0.1) is 11.4 Å². The molecule has 23 heavy (non-hydrogen) atoms. The van der Waals surface area contributed by atoms with Gasteiger partial charge in [-0.1, -0.05) is 26.8 Å². The third-order valence-corrected chi connectivity index (χ3v) is 5.46. The van der Waals surface area contributed by atoms with E-state index in [1.165, 1.54) is 6.33 Å². The Morgan fingerprint density at radius 1 is 1.22 bits per heavy atom. The van der Waals surface area contributed by atoms with E-state index in [1.807, 2.05) is 13.8 Å². The molecule has 126 valence electrons. The molecular weight excluding hydrogens is 312 g/mol. The summed E-state index contributed by atoms with van der Waals surface area (Å²) in [7, 11) is -3.56. The Kier molecular flexibility index (Phi) is 4.91. The van der Waals surface area contributed by atoms with Gasteiger partial charge in [0, 0.05) is 6.54 Å². The van der Waals surface area contributed by atoms with Crippen molar-refractivity contribution in [2.75, 3.05) is 6.54 Å². The van der Waals surface area contributed by atoms with Crippen LogP contribution in [-0.4, -0.2) is 29.7 Å². The fraction of sp³-hybridized carbons (Fsp3) is 0.500. The van der Waals surface area contributed by atoms with E-state index >= 15 is 0 Å². The molecule has 0 aliphatic carbocycles. The van der Waals surface area contributed by atoms with Gasteiger partial charge in [0.2, 0.25) is 10.0 Å². The topological polar surface area (TPSA) is 76.9 Å². The van der Waals surface area contributed by atoms with Crippen LogP contribution in [0, 0.1) is 13.8 Å². The van der Waals surface area contributed by atoms with Gasteiger partial charge in [-0.2, -0.15) is 5.10 Å². The predicted molar refractivity (Wildman–Crippen MR) is 89.8 cm³/mol. The van der Waals surface area contributed by atoms with Gasteiger partial charge in [0.1, 0.15) is 12.7 Å². The summed E-state index contributed by atoms with van der Waals surface area (Å²) in [5.41, 5.74) is 2.67. The number of nitrogens with one attached hydrogen (secondary N) is 1. The van der Waals surface area contributed by atoms with Crippen molar-refractivity contribution < 1.29 is 8.42 Å². The lowest BCUT2D eigenvalue weighted by atomic mass is 9.85. The number of aromatic nitrogens is 3. The monoisotopic (exact) mass is 336 g/mol. The first-order valence-corrected chi connectivity index (χ1v) is 9.03. The van der Waals surface area contributed by atoms with Crippen LogP contribution in [0.15, 0.2) is 29.7 Å². The number of nitrogens with zero attached hydrogens (tertiary/aromatic N) is 3. The molecule has 2 rings (SSSR count). The molecule has 0 radical (unpaired) electrons. The lowest BCUT2D eigenvalue weighted by Gasteiger charge is -2.22. The average molecular weight is 336 g/mol. The lowest BCUT2D eigenvalue weighted by molar-refractivity contribution is 0.558. The largest absolute Gasteiger partial charge is 0.252 e. The lowest BCUT2D eigenvalue weighted by Crippen LogP contribution is -2.28. The Morgan fingerprint density at radius 2 is 1.91 bits per heavy atom. The molecule has 2 aromatic rings. The predicted octanol–water partition coefficient (Wildman–Crippen LogP) is 2.17. The minimum atomic E-state index is -3.56. The third-order valence-electron chi connectivity index (χ3n) is 3.87. The highest BCUT2D eigenvalue weighted by molar-refractivity contribution is 7.89. The van der Waals surface area contributed by atoms with E-state index < -0.39 is 10.0 Å². The Hall–Kier alpha value is -1.73. The second kappa shape index (κ2) is 6.41. The summed E-state index contributed by atoms with van der Waals surface area (Å²) < 4.78 is 29.5. The molecule has 1 heterocycles. The summed E-state index contributed by atoms with van der Waals surface area (Å²) in [4.78, 5) is 4.18. The van der Waals surface area contributed by atoms with Crippen molar-refractivity contribution >= 4 is 10.0 Å². The first kappa shape index (κ1) is 17.6. The van der Waals surface area contributed by atoms with Gasteiger partial charge in [-0.05, 0) is 42.0 Å². The van der Waals surface area contributed by atoms with Gasteiger partial charge < -0.3 is 0 Å². The van der Waals surface area contributed by atoms with Crippen LogP contribution in [0.3, 0.4) is 0 Å². The van der Waals surface area contributed by atoms with E-state index in [4.69, 9.17) is 0 Å². The molecule has 6 nitrogen and oxygen atoms in total. The molecule has 1 N–H and O–H groups in total.